The van der Waals surface area contributed by atoms with Crippen molar-refractivity contribution in [3.8, 4) is 0 Å². The molecule has 0 aliphatic rings. The van der Waals surface area contributed by atoms with Gasteiger partial charge in [0, 0.05) is 30.6 Å². The monoisotopic (exact) mass is 288 g/mol. The number of carbonyl (C=O) groups is 1. The maximum Gasteiger partial charge on any atom is 0.337 e. The molecule has 2 aromatic rings. The smallest absolute Gasteiger partial charge is 0.337 e. The fourth-order valence-electron chi connectivity index (χ4n) is 2.18. The molecule has 0 amide bonds. The molecular weight excluding hydrogens is 268 g/mol. The van der Waals surface area contributed by atoms with Crippen LogP contribution in [-0.4, -0.2) is 42.4 Å². The van der Waals surface area contributed by atoms with Crippen molar-refractivity contribution >= 4 is 22.6 Å². The Balaban J connectivity index is 2.32. The number of carboxylic acids is 1. The summed E-state index contributed by atoms with van der Waals surface area (Å²) in [6.45, 7) is 5.29. The van der Waals surface area contributed by atoms with E-state index in [-0.39, 0.29) is 11.7 Å². The summed E-state index contributed by atoms with van der Waals surface area (Å²) >= 11 is 0. The highest BCUT2D eigenvalue weighted by molar-refractivity contribution is 6.06. The number of nitrogens with zero attached hydrogens (tertiary/aromatic N) is 2. The fraction of sp³-hybridized carbons (Fsp3) is 0.375. The Hall–Kier alpha value is -2.14. The Bertz CT molecular complexity index is 640. The molecule has 0 aliphatic carbocycles. The van der Waals surface area contributed by atoms with E-state index in [1.165, 1.54) is 6.20 Å². The maximum absolute atomic E-state index is 11.3. The van der Waals surface area contributed by atoms with Gasteiger partial charge in [-0.1, -0.05) is 24.3 Å². The number of pyridine rings is 1. The first-order valence-electron chi connectivity index (χ1n) is 6.94. The van der Waals surface area contributed by atoms with Crippen molar-refractivity contribution in [1.82, 2.24) is 4.98 Å². The Morgan fingerprint density at radius 3 is 2.62 bits per heavy atom. The molecule has 0 saturated heterocycles. The predicted molar refractivity (Wildman–Crippen MR) is 83.1 cm³/mol. The Labute approximate surface area is 124 Å². The first-order chi connectivity index (χ1) is 10.0. The Morgan fingerprint density at radius 2 is 2.00 bits per heavy atom. The van der Waals surface area contributed by atoms with Crippen molar-refractivity contribution in [2.45, 2.75) is 20.0 Å². The van der Waals surface area contributed by atoms with Crippen LogP contribution in [0.4, 0.5) is 5.82 Å². The number of hydrogen-bond acceptors (Lipinski definition) is 4. The predicted octanol–water partition coefficient (Wildman–Crippen LogP) is 2.79. The van der Waals surface area contributed by atoms with Crippen LogP contribution in [0.25, 0.3) is 10.8 Å². The minimum absolute atomic E-state index is 0.192. The van der Waals surface area contributed by atoms with Crippen LogP contribution in [0.15, 0.2) is 30.5 Å². The molecule has 0 spiro atoms. The highest BCUT2D eigenvalue weighted by Gasteiger charge is 2.14. The lowest BCUT2D eigenvalue weighted by molar-refractivity contribution is 0.0698. The number of fused-ring (bicyclic) bond motifs is 1. The number of benzene rings is 1. The van der Waals surface area contributed by atoms with Gasteiger partial charge < -0.3 is 14.7 Å². The lowest BCUT2D eigenvalue weighted by Gasteiger charge is -2.21. The third-order valence-corrected chi connectivity index (χ3v) is 3.24. The van der Waals surface area contributed by atoms with Crippen LogP contribution in [0.3, 0.4) is 0 Å². The summed E-state index contributed by atoms with van der Waals surface area (Å²) in [5, 5.41) is 10.8. The zero-order valence-corrected chi connectivity index (χ0v) is 12.5. The highest BCUT2D eigenvalue weighted by atomic mass is 16.5. The molecule has 21 heavy (non-hydrogen) atoms. The van der Waals surface area contributed by atoms with Gasteiger partial charge in [-0.2, -0.15) is 0 Å². The van der Waals surface area contributed by atoms with Crippen LogP contribution in [0.1, 0.15) is 24.2 Å². The number of aromatic carboxylic acids is 1. The van der Waals surface area contributed by atoms with Gasteiger partial charge in [-0.15, -0.1) is 0 Å². The lowest BCUT2D eigenvalue weighted by atomic mass is 10.1. The molecular formula is C16H20N2O3. The number of rotatable bonds is 6. The van der Waals surface area contributed by atoms with Gasteiger partial charge in [-0.3, -0.25) is 0 Å². The normalized spacial score (nSPS) is 11.0. The summed E-state index contributed by atoms with van der Waals surface area (Å²) in [6, 6.07) is 7.42. The van der Waals surface area contributed by atoms with Gasteiger partial charge >= 0.3 is 5.97 Å². The van der Waals surface area contributed by atoms with E-state index < -0.39 is 5.97 Å². The first-order valence-corrected chi connectivity index (χ1v) is 6.94. The molecule has 2 rings (SSSR count). The summed E-state index contributed by atoms with van der Waals surface area (Å²) in [5.74, 6) is -0.195. The van der Waals surface area contributed by atoms with Crippen molar-refractivity contribution in [1.29, 1.82) is 0 Å². The molecule has 0 saturated carbocycles. The average Bonchev–Trinajstić information content (AvgIpc) is 2.45. The minimum atomic E-state index is -0.962. The molecule has 1 aromatic heterocycles. The SMILES string of the molecule is CC(C)OCCN(C)c1ncc(C(=O)O)c2ccccc12. The van der Waals surface area contributed by atoms with E-state index in [1.54, 1.807) is 0 Å². The second-order valence-corrected chi connectivity index (χ2v) is 5.19. The summed E-state index contributed by atoms with van der Waals surface area (Å²) in [4.78, 5) is 17.6. The number of carboxylic acid groups (broad SMARTS) is 1. The molecule has 5 nitrogen and oxygen atoms in total. The third-order valence-electron chi connectivity index (χ3n) is 3.24. The average molecular weight is 288 g/mol. The van der Waals surface area contributed by atoms with E-state index in [0.29, 0.717) is 18.5 Å². The maximum atomic E-state index is 11.3. The van der Waals surface area contributed by atoms with E-state index in [9.17, 15) is 9.90 Å². The van der Waals surface area contributed by atoms with Gasteiger partial charge in [-0.25, -0.2) is 9.78 Å². The van der Waals surface area contributed by atoms with Crippen molar-refractivity contribution in [3.05, 3.63) is 36.0 Å². The van der Waals surface area contributed by atoms with E-state index in [1.807, 2.05) is 50.1 Å². The molecule has 5 heteroatoms. The van der Waals surface area contributed by atoms with Gasteiger partial charge in [0.15, 0.2) is 0 Å². The van der Waals surface area contributed by atoms with Gasteiger partial charge in [0.2, 0.25) is 0 Å². The quantitative estimate of drug-likeness (QED) is 0.885. The molecule has 1 N–H and O–H groups in total. The van der Waals surface area contributed by atoms with Crippen LogP contribution in [0.2, 0.25) is 0 Å². The zero-order chi connectivity index (χ0) is 15.4. The molecule has 1 aromatic carbocycles. The second kappa shape index (κ2) is 6.54. The number of hydrogen-bond donors (Lipinski definition) is 1. The number of aromatic nitrogens is 1. The van der Waals surface area contributed by atoms with Crippen LogP contribution >= 0.6 is 0 Å². The van der Waals surface area contributed by atoms with Crippen LogP contribution in [-0.2, 0) is 4.74 Å². The number of ether oxygens (including phenoxy) is 1. The fourth-order valence-corrected chi connectivity index (χ4v) is 2.18. The molecule has 0 atom stereocenters. The van der Waals surface area contributed by atoms with Crippen LogP contribution in [0.5, 0.6) is 0 Å². The molecule has 0 bridgehead atoms. The van der Waals surface area contributed by atoms with E-state index in [4.69, 9.17) is 4.74 Å². The molecule has 1 heterocycles. The summed E-state index contributed by atoms with van der Waals surface area (Å²) < 4.78 is 5.54. The highest BCUT2D eigenvalue weighted by Crippen LogP contribution is 2.26. The number of anilines is 1. The third kappa shape index (κ3) is 3.49. The van der Waals surface area contributed by atoms with E-state index in [2.05, 4.69) is 4.98 Å². The standard InChI is InChI=1S/C16H20N2O3/c1-11(2)21-9-8-18(3)15-13-7-5-4-6-12(13)14(10-17-15)16(19)20/h4-7,10-11H,8-9H2,1-3H3,(H,19,20). The van der Waals surface area contributed by atoms with E-state index in [0.717, 1.165) is 11.2 Å². The summed E-state index contributed by atoms with van der Waals surface area (Å²) in [6.07, 6.45) is 1.61. The van der Waals surface area contributed by atoms with Crippen LogP contribution < -0.4 is 4.90 Å². The molecule has 0 unspecified atom stereocenters. The Morgan fingerprint density at radius 1 is 1.33 bits per heavy atom. The van der Waals surface area contributed by atoms with Crippen molar-refractivity contribution in [3.63, 3.8) is 0 Å². The molecule has 0 radical (unpaired) electrons. The van der Waals surface area contributed by atoms with Gasteiger partial charge in [0.1, 0.15) is 5.82 Å². The lowest BCUT2D eigenvalue weighted by Crippen LogP contribution is -2.25. The number of likely N-dealkylation sites (N-methyl/N-ethyl adjacent to an activating group) is 1. The van der Waals surface area contributed by atoms with Gasteiger partial charge in [0.05, 0.1) is 18.3 Å². The zero-order valence-electron chi connectivity index (χ0n) is 12.5. The topological polar surface area (TPSA) is 62.7 Å². The van der Waals surface area contributed by atoms with E-state index >= 15 is 0 Å². The second-order valence-electron chi connectivity index (χ2n) is 5.19. The van der Waals surface area contributed by atoms with Gasteiger partial charge in [-0.05, 0) is 13.8 Å². The van der Waals surface area contributed by atoms with Gasteiger partial charge in [0.25, 0.3) is 0 Å². The minimum Gasteiger partial charge on any atom is -0.478 e. The van der Waals surface area contributed by atoms with Crippen LogP contribution in [0, 0.1) is 0 Å². The molecule has 112 valence electrons. The van der Waals surface area contributed by atoms with Crippen molar-refractivity contribution < 1.29 is 14.6 Å². The largest absolute Gasteiger partial charge is 0.478 e. The first kappa shape index (κ1) is 15.3. The summed E-state index contributed by atoms with van der Waals surface area (Å²) in [5.41, 5.74) is 0.223. The Kier molecular flexibility index (Phi) is 4.75. The summed E-state index contributed by atoms with van der Waals surface area (Å²) in [7, 11) is 1.93. The van der Waals surface area contributed by atoms with Crippen molar-refractivity contribution in [2.75, 3.05) is 25.1 Å². The molecule has 0 aliphatic heterocycles. The van der Waals surface area contributed by atoms with Crippen molar-refractivity contribution in [2.24, 2.45) is 0 Å². The molecule has 0 fully saturated rings.